The second-order valence-electron chi connectivity index (χ2n) is 9.50. The first kappa shape index (κ1) is 28.4. The van der Waals surface area contributed by atoms with Crippen molar-refractivity contribution >= 4 is 23.8 Å². The van der Waals surface area contributed by atoms with Crippen LogP contribution in [0.2, 0.25) is 0 Å². The van der Waals surface area contributed by atoms with Crippen LogP contribution in [-0.4, -0.2) is 64.0 Å². The van der Waals surface area contributed by atoms with Crippen LogP contribution in [0, 0.1) is 11.7 Å². The van der Waals surface area contributed by atoms with Crippen molar-refractivity contribution in [1.82, 2.24) is 20.7 Å². The summed E-state index contributed by atoms with van der Waals surface area (Å²) in [4.78, 5) is 52.0. The number of benzene rings is 2. The third kappa shape index (κ3) is 7.44. The van der Waals surface area contributed by atoms with E-state index in [0.29, 0.717) is 25.9 Å². The lowest BCUT2D eigenvalue weighted by molar-refractivity contribution is -0.140. The molecule has 0 radical (unpaired) electrons. The minimum Gasteiger partial charge on any atom is -0.489 e. The largest absolute Gasteiger partial charge is 0.489 e. The number of carbonyl (C=O) groups excluding carboxylic acids is 3. The molecular weight excluding hydrogens is 495 g/mol. The molecule has 2 aromatic rings. The van der Waals surface area contributed by atoms with Crippen molar-refractivity contribution in [3.8, 4) is 5.75 Å². The Labute approximate surface area is 220 Å². The second-order valence-corrected chi connectivity index (χ2v) is 9.50. The summed E-state index contributed by atoms with van der Waals surface area (Å²) in [7, 11) is 0. The fraction of sp³-hybridized carbons (Fsp3) is 0.407. The monoisotopic (exact) mass is 528 g/mol. The molecule has 0 saturated carbocycles. The number of rotatable bonds is 8. The maximum atomic E-state index is 13.8. The van der Waals surface area contributed by atoms with Crippen molar-refractivity contribution < 1.29 is 33.4 Å². The standard InChI is InChI=1S/C27H33FN4O6/c1-17(2)24(32(27(36)37)16-19-7-5-4-6-8-19)26(35)31-13-11-21(12-14-31)38-23-10-9-20(28)15-22(23)25(34)30-29-18(3)33/h4-10,15,17,21,24H,11-14,16H2,1-3H3,(H,29,33)(H,30,34)(H,36,37)/t24-/m0/s1. The van der Waals surface area contributed by atoms with Crippen LogP contribution < -0.4 is 15.6 Å². The molecule has 0 aliphatic carbocycles. The Hall–Kier alpha value is -4.15. The zero-order valence-electron chi connectivity index (χ0n) is 21.6. The zero-order valence-corrected chi connectivity index (χ0v) is 21.6. The SMILES string of the molecule is CC(=O)NNC(=O)c1cc(F)ccc1OC1CCN(C(=O)[C@H](C(C)C)N(Cc2ccccc2)C(=O)O)CC1. The number of amides is 4. The number of nitrogens with one attached hydrogen (secondary N) is 2. The van der Waals surface area contributed by atoms with Gasteiger partial charge in [0.05, 0.1) is 5.56 Å². The van der Waals surface area contributed by atoms with Crippen LogP contribution >= 0.6 is 0 Å². The molecule has 0 spiro atoms. The highest BCUT2D eigenvalue weighted by molar-refractivity contribution is 5.97. The topological polar surface area (TPSA) is 128 Å². The Kier molecular flexibility index (Phi) is 9.64. The second kappa shape index (κ2) is 12.9. The van der Waals surface area contributed by atoms with E-state index in [1.54, 1.807) is 4.90 Å². The molecule has 1 aliphatic rings. The maximum Gasteiger partial charge on any atom is 0.408 e. The Balaban J connectivity index is 1.67. The minimum atomic E-state index is -1.17. The predicted octanol–water partition coefficient (Wildman–Crippen LogP) is 3.18. The Morgan fingerprint density at radius 3 is 2.32 bits per heavy atom. The summed E-state index contributed by atoms with van der Waals surface area (Å²) < 4.78 is 19.8. The van der Waals surface area contributed by atoms with Crippen LogP contribution in [0.1, 0.15) is 49.5 Å². The molecule has 2 aromatic carbocycles. The first-order valence-corrected chi connectivity index (χ1v) is 12.4. The molecule has 1 saturated heterocycles. The first-order chi connectivity index (χ1) is 18.1. The van der Waals surface area contributed by atoms with Crippen molar-refractivity contribution in [2.45, 2.75) is 52.3 Å². The number of piperidine rings is 1. The molecule has 0 aromatic heterocycles. The minimum absolute atomic E-state index is 0.0739. The summed E-state index contributed by atoms with van der Waals surface area (Å²) in [6, 6.07) is 11.8. The first-order valence-electron chi connectivity index (χ1n) is 12.4. The highest BCUT2D eigenvalue weighted by Crippen LogP contribution is 2.26. The summed E-state index contributed by atoms with van der Waals surface area (Å²) in [6.07, 6.45) is -0.645. The van der Waals surface area contributed by atoms with Crippen molar-refractivity contribution in [3.63, 3.8) is 0 Å². The lowest BCUT2D eigenvalue weighted by atomic mass is 9.98. The van der Waals surface area contributed by atoms with Gasteiger partial charge in [0, 0.05) is 39.4 Å². The molecule has 3 rings (SSSR count). The van der Waals surface area contributed by atoms with Gasteiger partial charge in [-0.2, -0.15) is 0 Å². The van der Waals surface area contributed by atoms with E-state index in [4.69, 9.17) is 4.74 Å². The molecule has 1 heterocycles. The van der Waals surface area contributed by atoms with Gasteiger partial charge in [-0.05, 0) is 29.7 Å². The fourth-order valence-electron chi connectivity index (χ4n) is 4.40. The number of halogens is 1. The molecule has 1 atom stereocenters. The van der Waals surface area contributed by atoms with Crippen LogP contribution in [-0.2, 0) is 16.1 Å². The highest BCUT2D eigenvalue weighted by Gasteiger charge is 2.37. The van der Waals surface area contributed by atoms with Gasteiger partial charge in [-0.25, -0.2) is 9.18 Å². The number of hydrogen-bond donors (Lipinski definition) is 3. The number of likely N-dealkylation sites (tertiary alicyclic amines) is 1. The van der Waals surface area contributed by atoms with E-state index < -0.39 is 29.8 Å². The molecule has 0 bridgehead atoms. The molecule has 4 amide bonds. The number of carboxylic acid groups (broad SMARTS) is 1. The van der Waals surface area contributed by atoms with Crippen LogP contribution in [0.4, 0.5) is 9.18 Å². The van der Waals surface area contributed by atoms with Gasteiger partial charge in [0.15, 0.2) is 0 Å². The van der Waals surface area contributed by atoms with Gasteiger partial charge in [-0.1, -0.05) is 44.2 Å². The summed E-state index contributed by atoms with van der Waals surface area (Å²) in [5, 5.41) is 9.92. The van der Waals surface area contributed by atoms with Crippen LogP contribution in [0.15, 0.2) is 48.5 Å². The molecule has 0 unspecified atom stereocenters. The van der Waals surface area contributed by atoms with Gasteiger partial charge < -0.3 is 14.7 Å². The highest BCUT2D eigenvalue weighted by atomic mass is 19.1. The quantitative estimate of drug-likeness (QED) is 0.452. The fourth-order valence-corrected chi connectivity index (χ4v) is 4.40. The average Bonchev–Trinajstić information content (AvgIpc) is 2.88. The van der Waals surface area contributed by atoms with Crippen LogP contribution in [0.25, 0.3) is 0 Å². The third-order valence-electron chi connectivity index (χ3n) is 6.25. The number of hydrazine groups is 1. The zero-order chi connectivity index (χ0) is 27.8. The van der Waals surface area contributed by atoms with E-state index in [-0.39, 0.29) is 35.8 Å². The molecule has 1 aliphatic heterocycles. The van der Waals surface area contributed by atoms with Gasteiger partial charge in [0.25, 0.3) is 5.91 Å². The molecule has 10 nitrogen and oxygen atoms in total. The van der Waals surface area contributed by atoms with Crippen molar-refractivity contribution in [3.05, 3.63) is 65.5 Å². The van der Waals surface area contributed by atoms with E-state index in [2.05, 4.69) is 10.9 Å². The number of hydrogen-bond acceptors (Lipinski definition) is 5. The third-order valence-corrected chi connectivity index (χ3v) is 6.25. The van der Waals surface area contributed by atoms with Crippen LogP contribution in [0.3, 0.4) is 0 Å². The van der Waals surface area contributed by atoms with Gasteiger partial charge in [-0.15, -0.1) is 0 Å². The molecule has 1 fully saturated rings. The normalized spacial score (nSPS) is 14.5. The van der Waals surface area contributed by atoms with Gasteiger partial charge >= 0.3 is 6.09 Å². The van der Waals surface area contributed by atoms with E-state index in [1.807, 2.05) is 44.2 Å². The number of nitrogens with zero attached hydrogens (tertiary/aromatic N) is 2. The van der Waals surface area contributed by atoms with Crippen molar-refractivity contribution in [2.24, 2.45) is 5.92 Å². The van der Waals surface area contributed by atoms with Gasteiger partial charge in [-0.3, -0.25) is 30.1 Å². The Morgan fingerprint density at radius 1 is 1.08 bits per heavy atom. The molecule has 204 valence electrons. The number of carbonyl (C=O) groups is 4. The summed E-state index contributed by atoms with van der Waals surface area (Å²) >= 11 is 0. The molecule has 11 heteroatoms. The predicted molar refractivity (Wildman–Crippen MR) is 137 cm³/mol. The number of ether oxygens (including phenoxy) is 1. The lowest BCUT2D eigenvalue weighted by Crippen LogP contribution is -2.55. The molecule has 3 N–H and O–H groups in total. The van der Waals surface area contributed by atoms with E-state index in [1.165, 1.54) is 24.0 Å². The van der Waals surface area contributed by atoms with Gasteiger partial charge in [0.1, 0.15) is 23.7 Å². The van der Waals surface area contributed by atoms with E-state index in [9.17, 15) is 28.7 Å². The van der Waals surface area contributed by atoms with E-state index in [0.717, 1.165) is 11.6 Å². The Bertz CT molecular complexity index is 1150. The maximum absolute atomic E-state index is 13.8. The van der Waals surface area contributed by atoms with Crippen molar-refractivity contribution in [2.75, 3.05) is 13.1 Å². The van der Waals surface area contributed by atoms with Crippen molar-refractivity contribution in [1.29, 1.82) is 0 Å². The van der Waals surface area contributed by atoms with Gasteiger partial charge in [0.2, 0.25) is 11.8 Å². The van der Waals surface area contributed by atoms with Crippen LogP contribution in [0.5, 0.6) is 5.75 Å². The molecule has 38 heavy (non-hydrogen) atoms. The summed E-state index contributed by atoms with van der Waals surface area (Å²) in [6.45, 7) is 5.63. The summed E-state index contributed by atoms with van der Waals surface area (Å²) in [5.74, 6) is -2.22. The lowest BCUT2D eigenvalue weighted by Gasteiger charge is -2.38. The average molecular weight is 529 g/mol. The van der Waals surface area contributed by atoms with E-state index >= 15 is 0 Å². The molecular formula is C27H33FN4O6. The Morgan fingerprint density at radius 2 is 1.74 bits per heavy atom. The summed E-state index contributed by atoms with van der Waals surface area (Å²) in [5.41, 5.74) is 5.07. The smallest absolute Gasteiger partial charge is 0.408 e.